The Morgan fingerprint density at radius 1 is 1.08 bits per heavy atom. The number of aryl methyl sites for hydroxylation is 2. The summed E-state index contributed by atoms with van der Waals surface area (Å²) in [5.74, 6) is 0. The molecule has 0 amide bonds. The molecule has 3 nitrogen and oxygen atoms in total. The molecule has 0 fully saturated rings. The van der Waals surface area contributed by atoms with Gasteiger partial charge < -0.3 is 4.98 Å². The van der Waals surface area contributed by atoms with E-state index < -0.39 is 0 Å². The zero-order chi connectivity index (χ0) is 18.5. The Bertz CT molecular complexity index is 1020. The molecular formula is C23H21N3. The van der Waals surface area contributed by atoms with Gasteiger partial charge in [-0.1, -0.05) is 49.2 Å². The third kappa shape index (κ3) is 3.53. The normalized spacial score (nSPS) is 10.3. The maximum Gasteiger partial charge on any atom is 0.130 e. The molecule has 0 radical (unpaired) electrons. The molecule has 1 aromatic heterocycles. The molecule has 2 aromatic carbocycles. The first kappa shape index (κ1) is 17.5. The van der Waals surface area contributed by atoms with E-state index in [0.717, 1.165) is 47.0 Å². The monoisotopic (exact) mass is 339 g/mol. The van der Waals surface area contributed by atoms with Crippen molar-refractivity contribution in [2.24, 2.45) is 0 Å². The van der Waals surface area contributed by atoms with Gasteiger partial charge in [0, 0.05) is 16.5 Å². The lowest BCUT2D eigenvalue weighted by Crippen LogP contribution is -1.85. The lowest BCUT2D eigenvalue weighted by Gasteiger charge is -2.03. The number of nitrogens with one attached hydrogen (secondary N) is 1. The van der Waals surface area contributed by atoms with Crippen molar-refractivity contribution in [2.45, 2.75) is 33.1 Å². The van der Waals surface area contributed by atoms with Gasteiger partial charge in [-0.15, -0.1) is 0 Å². The predicted octanol–water partition coefficient (Wildman–Crippen LogP) is 5.92. The van der Waals surface area contributed by atoms with Crippen LogP contribution < -0.4 is 0 Å². The molecule has 26 heavy (non-hydrogen) atoms. The number of nitrogens with zero attached hydrogens (tertiary/aromatic N) is 2. The minimum absolute atomic E-state index is 0.109. The maximum atomic E-state index is 9.21. The summed E-state index contributed by atoms with van der Waals surface area (Å²) in [4.78, 5) is 3.47. The van der Waals surface area contributed by atoms with Crippen molar-refractivity contribution in [3.8, 4) is 23.4 Å². The number of aromatic amines is 1. The van der Waals surface area contributed by atoms with Crippen LogP contribution in [0.5, 0.6) is 0 Å². The Labute approximate surface area is 154 Å². The lowest BCUT2D eigenvalue weighted by molar-refractivity contribution is 0.796. The fraction of sp³-hybridized carbons (Fsp3) is 0.217. The number of hydrogen-bond donors (Lipinski definition) is 1. The molecule has 3 aromatic rings. The van der Waals surface area contributed by atoms with Crippen LogP contribution >= 0.6 is 0 Å². The molecule has 0 unspecified atom stereocenters. The van der Waals surface area contributed by atoms with Crippen LogP contribution in [0.4, 0.5) is 0 Å². The van der Waals surface area contributed by atoms with Crippen molar-refractivity contribution in [2.75, 3.05) is 0 Å². The number of nitriles is 2. The summed E-state index contributed by atoms with van der Waals surface area (Å²) in [5.41, 5.74) is 6.48. The summed E-state index contributed by atoms with van der Waals surface area (Å²) in [6.45, 7) is 4.24. The fourth-order valence-electron chi connectivity index (χ4n) is 3.13. The van der Waals surface area contributed by atoms with Gasteiger partial charge in [-0.25, -0.2) is 0 Å². The van der Waals surface area contributed by atoms with Gasteiger partial charge in [-0.3, -0.25) is 0 Å². The standard InChI is InChI=1S/C23H21N3/c1-3-4-5-17-8-11-22-20(12-17)21(13-18(14-24)15-25)23(26-22)19-9-6-16(2)7-10-19/h6-13,26H,3-5H2,1-2H3. The Morgan fingerprint density at radius 2 is 1.81 bits per heavy atom. The first-order chi connectivity index (χ1) is 12.7. The molecule has 0 aliphatic heterocycles. The number of rotatable bonds is 5. The van der Waals surface area contributed by atoms with Gasteiger partial charge >= 0.3 is 0 Å². The van der Waals surface area contributed by atoms with E-state index in [0.29, 0.717) is 0 Å². The van der Waals surface area contributed by atoms with E-state index in [9.17, 15) is 10.5 Å². The highest BCUT2D eigenvalue weighted by Gasteiger charge is 2.13. The second-order valence-corrected chi connectivity index (χ2v) is 6.54. The first-order valence-electron chi connectivity index (χ1n) is 8.89. The van der Waals surface area contributed by atoms with Gasteiger partial charge in [0.05, 0.1) is 5.69 Å². The Morgan fingerprint density at radius 3 is 2.46 bits per heavy atom. The summed E-state index contributed by atoms with van der Waals surface area (Å²) < 4.78 is 0. The number of fused-ring (bicyclic) bond motifs is 1. The molecule has 0 saturated heterocycles. The Hall–Kier alpha value is -3.30. The highest BCUT2D eigenvalue weighted by Crippen LogP contribution is 2.33. The lowest BCUT2D eigenvalue weighted by atomic mass is 10.00. The van der Waals surface area contributed by atoms with Crippen LogP contribution in [0.1, 0.15) is 36.5 Å². The van der Waals surface area contributed by atoms with E-state index in [4.69, 9.17) is 0 Å². The average Bonchev–Trinajstić information content (AvgIpc) is 3.02. The highest BCUT2D eigenvalue weighted by atomic mass is 14.7. The number of H-pyrrole nitrogens is 1. The van der Waals surface area contributed by atoms with Crippen LogP contribution in [-0.4, -0.2) is 4.98 Å². The summed E-state index contributed by atoms with van der Waals surface area (Å²) in [5, 5.41) is 19.5. The molecule has 0 spiro atoms. The van der Waals surface area contributed by atoms with E-state index in [1.165, 1.54) is 11.1 Å². The summed E-state index contributed by atoms with van der Waals surface area (Å²) in [7, 11) is 0. The quantitative estimate of drug-likeness (QED) is 0.587. The van der Waals surface area contributed by atoms with Gasteiger partial charge in [0.2, 0.25) is 0 Å². The third-order valence-corrected chi connectivity index (χ3v) is 4.59. The van der Waals surface area contributed by atoms with E-state index in [-0.39, 0.29) is 5.57 Å². The molecular weight excluding hydrogens is 318 g/mol. The molecule has 0 aliphatic rings. The van der Waals surface area contributed by atoms with Crippen molar-refractivity contribution in [1.29, 1.82) is 10.5 Å². The van der Waals surface area contributed by atoms with Crippen LogP contribution in [0.3, 0.4) is 0 Å². The first-order valence-corrected chi connectivity index (χ1v) is 8.89. The van der Waals surface area contributed by atoms with Crippen LogP contribution in [0.25, 0.3) is 28.2 Å². The van der Waals surface area contributed by atoms with Crippen molar-refractivity contribution < 1.29 is 0 Å². The summed E-state index contributed by atoms with van der Waals surface area (Å²) in [6.07, 6.45) is 5.02. The van der Waals surface area contributed by atoms with E-state index in [1.54, 1.807) is 6.08 Å². The van der Waals surface area contributed by atoms with E-state index in [2.05, 4.69) is 61.3 Å². The molecule has 0 bridgehead atoms. The molecule has 1 heterocycles. The zero-order valence-electron chi connectivity index (χ0n) is 15.1. The van der Waals surface area contributed by atoms with E-state index in [1.807, 2.05) is 12.1 Å². The maximum absolute atomic E-state index is 9.21. The van der Waals surface area contributed by atoms with Gasteiger partial charge in [0.25, 0.3) is 0 Å². The molecule has 0 aliphatic carbocycles. The van der Waals surface area contributed by atoms with Crippen molar-refractivity contribution in [1.82, 2.24) is 4.98 Å². The van der Waals surface area contributed by atoms with Gasteiger partial charge in [0.15, 0.2) is 0 Å². The minimum atomic E-state index is 0.109. The van der Waals surface area contributed by atoms with Gasteiger partial charge in [0.1, 0.15) is 17.7 Å². The van der Waals surface area contributed by atoms with Crippen LogP contribution in [0.2, 0.25) is 0 Å². The van der Waals surface area contributed by atoms with Crippen LogP contribution in [0, 0.1) is 29.6 Å². The number of allylic oxidation sites excluding steroid dienone is 1. The molecule has 3 rings (SSSR count). The Kier molecular flexibility index (Phi) is 5.20. The number of unbranched alkanes of at least 4 members (excludes halogenated alkanes) is 1. The highest BCUT2D eigenvalue weighted by molar-refractivity contribution is 5.98. The van der Waals surface area contributed by atoms with Gasteiger partial charge in [-0.2, -0.15) is 10.5 Å². The van der Waals surface area contributed by atoms with Crippen molar-refractivity contribution in [3.05, 3.63) is 64.7 Å². The number of hydrogen-bond acceptors (Lipinski definition) is 2. The SMILES string of the molecule is CCCCc1ccc2[nH]c(-c3ccc(C)cc3)c(C=C(C#N)C#N)c2c1. The second kappa shape index (κ2) is 7.72. The Balaban J connectivity index is 2.23. The fourth-order valence-corrected chi connectivity index (χ4v) is 3.13. The van der Waals surface area contributed by atoms with Crippen molar-refractivity contribution >= 4 is 17.0 Å². The smallest absolute Gasteiger partial charge is 0.130 e. The molecule has 0 atom stereocenters. The predicted molar refractivity (Wildman–Crippen MR) is 106 cm³/mol. The summed E-state index contributed by atoms with van der Waals surface area (Å²) >= 11 is 0. The molecule has 3 heteroatoms. The minimum Gasteiger partial charge on any atom is -0.354 e. The van der Waals surface area contributed by atoms with Crippen molar-refractivity contribution in [3.63, 3.8) is 0 Å². The molecule has 128 valence electrons. The van der Waals surface area contributed by atoms with E-state index >= 15 is 0 Å². The van der Waals surface area contributed by atoms with Gasteiger partial charge in [-0.05, 0) is 49.1 Å². The molecule has 1 N–H and O–H groups in total. The van der Waals surface area contributed by atoms with Crippen LogP contribution in [-0.2, 0) is 6.42 Å². The second-order valence-electron chi connectivity index (χ2n) is 6.54. The topological polar surface area (TPSA) is 63.4 Å². The van der Waals surface area contributed by atoms with Crippen LogP contribution in [0.15, 0.2) is 48.0 Å². The third-order valence-electron chi connectivity index (χ3n) is 4.59. The zero-order valence-corrected chi connectivity index (χ0v) is 15.1. The average molecular weight is 339 g/mol. The molecule has 0 saturated carbocycles. The number of benzene rings is 2. The largest absolute Gasteiger partial charge is 0.354 e. The summed E-state index contributed by atoms with van der Waals surface area (Å²) in [6, 6.07) is 18.6. The number of aromatic nitrogens is 1.